The molecule has 6 heteroatoms. The minimum Gasteiger partial charge on any atom is -0.314 e. The van der Waals surface area contributed by atoms with Gasteiger partial charge in [0.25, 0.3) is 0 Å². The van der Waals surface area contributed by atoms with Crippen LogP contribution >= 0.6 is 11.8 Å². The van der Waals surface area contributed by atoms with E-state index in [2.05, 4.69) is 5.32 Å². The molecule has 2 heterocycles. The molecule has 0 radical (unpaired) electrons. The maximum absolute atomic E-state index is 12.5. The Labute approximate surface area is 109 Å². The van der Waals surface area contributed by atoms with Crippen molar-refractivity contribution in [3.05, 3.63) is 0 Å². The van der Waals surface area contributed by atoms with Gasteiger partial charge in [-0.3, -0.25) is 0 Å². The smallest absolute Gasteiger partial charge is 0.220 e. The molecule has 2 saturated heterocycles. The second kappa shape index (κ2) is 5.07. The fraction of sp³-hybridized carbons (Fsp3) is 1.00. The summed E-state index contributed by atoms with van der Waals surface area (Å²) in [6, 6.07) is 0. The summed E-state index contributed by atoms with van der Waals surface area (Å²) < 4.78 is 26.1. The molecule has 0 aromatic rings. The van der Waals surface area contributed by atoms with Crippen LogP contribution < -0.4 is 5.32 Å². The van der Waals surface area contributed by atoms with Gasteiger partial charge in [0.15, 0.2) is 0 Å². The van der Waals surface area contributed by atoms with Crippen LogP contribution in [0.3, 0.4) is 0 Å². The average Bonchev–Trinajstić information content (AvgIpc) is 2.71. The maximum Gasteiger partial charge on any atom is 0.220 e. The van der Waals surface area contributed by atoms with Crippen molar-refractivity contribution in [1.29, 1.82) is 0 Å². The van der Waals surface area contributed by atoms with Crippen molar-refractivity contribution in [2.75, 3.05) is 37.7 Å². The molecule has 0 saturated carbocycles. The van der Waals surface area contributed by atoms with E-state index < -0.39 is 14.8 Å². The van der Waals surface area contributed by atoms with Gasteiger partial charge in [0.1, 0.15) is 0 Å². The predicted octanol–water partition coefficient (Wildman–Crippen LogP) is 0.753. The van der Waals surface area contributed by atoms with Crippen LogP contribution in [0.1, 0.15) is 20.3 Å². The quantitative estimate of drug-likeness (QED) is 0.810. The summed E-state index contributed by atoms with van der Waals surface area (Å²) in [6.45, 7) is 6.27. The molecule has 0 aliphatic carbocycles. The minimum atomic E-state index is -3.16. The molecule has 2 fully saturated rings. The fourth-order valence-electron chi connectivity index (χ4n) is 2.36. The summed E-state index contributed by atoms with van der Waals surface area (Å²) in [4.78, 5) is 0. The Kier molecular flexibility index (Phi) is 4.07. The number of hydrogen-bond donors (Lipinski definition) is 1. The first-order valence-corrected chi connectivity index (χ1v) is 8.81. The third-order valence-electron chi connectivity index (χ3n) is 3.61. The van der Waals surface area contributed by atoms with E-state index in [-0.39, 0.29) is 0 Å². The Morgan fingerprint density at radius 2 is 2.24 bits per heavy atom. The van der Waals surface area contributed by atoms with Gasteiger partial charge < -0.3 is 5.32 Å². The monoisotopic (exact) mass is 278 g/mol. The lowest BCUT2D eigenvalue weighted by atomic mass is 10.1. The summed E-state index contributed by atoms with van der Waals surface area (Å²) in [5, 5.41) is 3.22. The summed E-state index contributed by atoms with van der Waals surface area (Å²) in [5.41, 5.74) is 0. The highest BCUT2D eigenvalue weighted by molar-refractivity contribution is 7.99. The molecular weight excluding hydrogens is 256 g/mol. The molecule has 1 atom stereocenters. The Bertz CT molecular complexity index is 362. The maximum atomic E-state index is 12.5. The van der Waals surface area contributed by atoms with E-state index in [1.54, 1.807) is 4.31 Å². The molecule has 2 aliphatic heterocycles. The SMILES string of the molecule is CC1(C)CNCCN(CC2CCSC2)S1(=O)=O. The van der Waals surface area contributed by atoms with Crippen LogP contribution in [0.5, 0.6) is 0 Å². The highest BCUT2D eigenvalue weighted by atomic mass is 32.2. The van der Waals surface area contributed by atoms with E-state index in [1.165, 1.54) is 5.75 Å². The van der Waals surface area contributed by atoms with Gasteiger partial charge in [-0.1, -0.05) is 0 Å². The van der Waals surface area contributed by atoms with Gasteiger partial charge in [-0.2, -0.15) is 16.1 Å². The Balaban J connectivity index is 2.13. The molecule has 1 unspecified atom stereocenters. The molecule has 100 valence electrons. The van der Waals surface area contributed by atoms with E-state index in [9.17, 15) is 8.42 Å². The van der Waals surface area contributed by atoms with E-state index in [0.29, 0.717) is 25.6 Å². The van der Waals surface area contributed by atoms with Gasteiger partial charge >= 0.3 is 0 Å². The standard InChI is InChI=1S/C11H22N2O2S2/c1-11(2)9-12-4-5-13(17(11,14)15)7-10-3-6-16-8-10/h10,12H,3-9H2,1-2H3. The topological polar surface area (TPSA) is 49.4 Å². The van der Waals surface area contributed by atoms with Crippen LogP contribution in [0, 0.1) is 5.92 Å². The number of hydrogen-bond acceptors (Lipinski definition) is 4. The molecule has 0 amide bonds. The molecule has 0 aromatic heterocycles. The first kappa shape index (κ1) is 13.6. The van der Waals surface area contributed by atoms with Crippen molar-refractivity contribution in [1.82, 2.24) is 9.62 Å². The Hall–Kier alpha value is 0.220. The van der Waals surface area contributed by atoms with Crippen molar-refractivity contribution >= 4 is 21.8 Å². The highest BCUT2D eigenvalue weighted by Crippen LogP contribution is 2.28. The zero-order chi connectivity index (χ0) is 12.5. The molecule has 2 rings (SSSR count). The fourth-order valence-corrected chi connectivity index (χ4v) is 5.35. The summed E-state index contributed by atoms with van der Waals surface area (Å²) in [7, 11) is -3.16. The van der Waals surface area contributed by atoms with E-state index in [0.717, 1.165) is 18.7 Å². The molecular formula is C11H22N2O2S2. The molecule has 17 heavy (non-hydrogen) atoms. The van der Waals surface area contributed by atoms with E-state index in [1.807, 2.05) is 25.6 Å². The molecule has 0 bridgehead atoms. The number of nitrogens with one attached hydrogen (secondary N) is 1. The third kappa shape index (κ3) is 2.80. The van der Waals surface area contributed by atoms with E-state index in [4.69, 9.17) is 0 Å². The zero-order valence-electron chi connectivity index (χ0n) is 10.6. The number of thioether (sulfide) groups is 1. The third-order valence-corrected chi connectivity index (χ3v) is 7.40. The van der Waals surface area contributed by atoms with Crippen molar-refractivity contribution < 1.29 is 8.42 Å². The van der Waals surface area contributed by atoms with Crippen molar-refractivity contribution in [2.24, 2.45) is 5.92 Å². The van der Waals surface area contributed by atoms with Crippen molar-refractivity contribution in [2.45, 2.75) is 25.0 Å². The first-order chi connectivity index (χ1) is 7.93. The largest absolute Gasteiger partial charge is 0.314 e. The van der Waals surface area contributed by atoms with Crippen LogP contribution in [0.4, 0.5) is 0 Å². The number of rotatable bonds is 2. The summed E-state index contributed by atoms with van der Waals surface area (Å²) >= 11 is 1.94. The number of sulfonamides is 1. The predicted molar refractivity (Wildman–Crippen MR) is 72.9 cm³/mol. The van der Waals surface area contributed by atoms with Crippen molar-refractivity contribution in [3.63, 3.8) is 0 Å². The lowest BCUT2D eigenvalue weighted by molar-refractivity contribution is 0.360. The first-order valence-electron chi connectivity index (χ1n) is 6.22. The van der Waals surface area contributed by atoms with Crippen molar-refractivity contribution in [3.8, 4) is 0 Å². The van der Waals surface area contributed by atoms with Gasteiger partial charge in [0.2, 0.25) is 10.0 Å². The van der Waals surface area contributed by atoms with Crippen LogP contribution in [-0.2, 0) is 10.0 Å². The molecule has 1 N–H and O–H groups in total. The number of nitrogens with zero attached hydrogens (tertiary/aromatic N) is 1. The van der Waals surface area contributed by atoms with Gasteiger partial charge in [-0.15, -0.1) is 0 Å². The Morgan fingerprint density at radius 1 is 1.47 bits per heavy atom. The Morgan fingerprint density at radius 3 is 2.88 bits per heavy atom. The average molecular weight is 278 g/mol. The second-order valence-electron chi connectivity index (χ2n) is 5.53. The van der Waals surface area contributed by atoms with Gasteiger partial charge in [0, 0.05) is 26.2 Å². The molecule has 0 spiro atoms. The highest BCUT2D eigenvalue weighted by Gasteiger charge is 2.41. The van der Waals surface area contributed by atoms with Gasteiger partial charge in [-0.05, 0) is 37.7 Å². The summed E-state index contributed by atoms with van der Waals surface area (Å²) in [5.74, 6) is 2.84. The zero-order valence-corrected chi connectivity index (χ0v) is 12.2. The van der Waals surface area contributed by atoms with Crippen LogP contribution in [0.2, 0.25) is 0 Å². The van der Waals surface area contributed by atoms with Crippen LogP contribution in [-0.4, -0.2) is 55.2 Å². The van der Waals surface area contributed by atoms with E-state index >= 15 is 0 Å². The normalized spacial score (nSPS) is 33.4. The lowest BCUT2D eigenvalue weighted by Crippen LogP contribution is -2.47. The van der Waals surface area contributed by atoms with Crippen LogP contribution in [0.15, 0.2) is 0 Å². The summed E-state index contributed by atoms with van der Waals surface area (Å²) in [6.07, 6.45) is 1.16. The molecule has 2 aliphatic rings. The van der Waals surface area contributed by atoms with Crippen LogP contribution in [0.25, 0.3) is 0 Å². The van der Waals surface area contributed by atoms with Gasteiger partial charge in [0.05, 0.1) is 4.75 Å². The second-order valence-corrected chi connectivity index (χ2v) is 9.25. The van der Waals surface area contributed by atoms with Gasteiger partial charge in [-0.25, -0.2) is 8.42 Å². The molecule has 4 nitrogen and oxygen atoms in total. The minimum absolute atomic E-state index is 0.545. The molecule has 0 aromatic carbocycles. The lowest BCUT2D eigenvalue weighted by Gasteiger charge is -2.30.